The number of hydrogen-bond donors (Lipinski definition) is 1. The zero-order valence-electron chi connectivity index (χ0n) is 9.96. The lowest BCUT2D eigenvalue weighted by Gasteiger charge is -1.98. The van der Waals surface area contributed by atoms with Gasteiger partial charge in [-0.2, -0.15) is 0 Å². The average molecular weight is 250 g/mol. The summed E-state index contributed by atoms with van der Waals surface area (Å²) >= 11 is 1.71. The maximum atomic E-state index is 12.8. The summed E-state index contributed by atoms with van der Waals surface area (Å²) in [4.78, 5) is 5.79. The number of thiazole rings is 1. The van der Waals surface area contributed by atoms with Gasteiger partial charge in [0.1, 0.15) is 5.82 Å². The number of halogens is 1. The number of benzene rings is 1. The van der Waals surface area contributed by atoms with Gasteiger partial charge in [-0.1, -0.05) is 0 Å². The van der Waals surface area contributed by atoms with Gasteiger partial charge in [-0.3, -0.25) is 0 Å². The van der Waals surface area contributed by atoms with E-state index >= 15 is 0 Å². The van der Waals surface area contributed by atoms with Crippen molar-refractivity contribution in [2.24, 2.45) is 0 Å². The minimum atomic E-state index is -0.211. The van der Waals surface area contributed by atoms with Gasteiger partial charge in [0.2, 0.25) is 0 Å². The Bertz CT molecular complexity index is 491. The van der Waals surface area contributed by atoms with Crippen LogP contribution >= 0.6 is 11.3 Å². The first kappa shape index (κ1) is 12.2. The number of rotatable bonds is 4. The molecular weight excluding hydrogens is 235 g/mol. The van der Waals surface area contributed by atoms with Crippen LogP contribution < -0.4 is 5.32 Å². The van der Waals surface area contributed by atoms with Crippen molar-refractivity contribution >= 4 is 11.3 Å². The molecule has 0 atom stereocenters. The minimum Gasteiger partial charge on any atom is -0.319 e. The fourth-order valence-electron chi connectivity index (χ4n) is 1.67. The molecule has 0 saturated carbocycles. The molecule has 0 saturated heterocycles. The van der Waals surface area contributed by atoms with Crippen LogP contribution in [0, 0.1) is 12.7 Å². The number of likely N-dealkylation sites (N-methyl/N-ethyl adjacent to an activating group) is 1. The van der Waals surface area contributed by atoms with Crippen LogP contribution in [-0.2, 0) is 6.42 Å². The van der Waals surface area contributed by atoms with Gasteiger partial charge < -0.3 is 5.32 Å². The monoisotopic (exact) mass is 250 g/mol. The molecule has 0 fully saturated rings. The lowest BCUT2D eigenvalue weighted by molar-refractivity contribution is 0.628. The summed E-state index contributed by atoms with van der Waals surface area (Å²) in [7, 11) is 1.93. The molecule has 0 aliphatic rings. The van der Waals surface area contributed by atoms with Gasteiger partial charge in [-0.15, -0.1) is 11.3 Å². The second kappa shape index (κ2) is 5.38. The predicted molar refractivity (Wildman–Crippen MR) is 69.9 cm³/mol. The second-order valence-electron chi connectivity index (χ2n) is 3.87. The number of nitrogens with one attached hydrogen (secondary N) is 1. The van der Waals surface area contributed by atoms with Gasteiger partial charge in [-0.05, 0) is 38.2 Å². The molecule has 1 aromatic carbocycles. The van der Waals surface area contributed by atoms with Gasteiger partial charge in [0.25, 0.3) is 0 Å². The van der Waals surface area contributed by atoms with Crippen molar-refractivity contribution in [3.8, 4) is 11.3 Å². The molecule has 2 nitrogen and oxygen atoms in total. The summed E-state index contributed by atoms with van der Waals surface area (Å²) in [5.41, 5.74) is 1.96. The van der Waals surface area contributed by atoms with E-state index in [4.69, 9.17) is 0 Å². The van der Waals surface area contributed by atoms with Crippen molar-refractivity contribution in [3.63, 3.8) is 0 Å². The number of aryl methyl sites for hydroxylation is 1. The van der Waals surface area contributed by atoms with Gasteiger partial charge >= 0.3 is 0 Å². The Morgan fingerprint density at radius 1 is 1.29 bits per heavy atom. The molecule has 4 heteroatoms. The Kier molecular flexibility index (Phi) is 3.86. The second-order valence-corrected chi connectivity index (χ2v) is 5.16. The van der Waals surface area contributed by atoms with Gasteiger partial charge in [0, 0.05) is 23.4 Å². The zero-order chi connectivity index (χ0) is 12.3. The lowest BCUT2D eigenvalue weighted by Crippen LogP contribution is -2.09. The maximum Gasteiger partial charge on any atom is 0.123 e. The average Bonchev–Trinajstić information content (AvgIpc) is 2.69. The Hall–Kier alpha value is -1.26. The lowest BCUT2D eigenvalue weighted by atomic mass is 10.1. The molecule has 17 heavy (non-hydrogen) atoms. The maximum absolute atomic E-state index is 12.8. The third kappa shape index (κ3) is 2.90. The van der Waals surface area contributed by atoms with Crippen LogP contribution in [0.5, 0.6) is 0 Å². The molecule has 1 N–H and O–H groups in total. The van der Waals surface area contributed by atoms with Gasteiger partial charge in [0.05, 0.1) is 10.7 Å². The zero-order valence-corrected chi connectivity index (χ0v) is 10.8. The van der Waals surface area contributed by atoms with Crippen molar-refractivity contribution in [2.75, 3.05) is 13.6 Å². The topological polar surface area (TPSA) is 24.9 Å². The van der Waals surface area contributed by atoms with E-state index in [2.05, 4.69) is 17.2 Å². The van der Waals surface area contributed by atoms with Gasteiger partial charge in [0.15, 0.2) is 0 Å². The highest BCUT2D eigenvalue weighted by Gasteiger charge is 2.09. The van der Waals surface area contributed by atoms with E-state index in [0.717, 1.165) is 29.2 Å². The van der Waals surface area contributed by atoms with Crippen LogP contribution in [-0.4, -0.2) is 18.6 Å². The molecule has 0 aliphatic heterocycles. The molecule has 2 rings (SSSR count). The molecule has 90 valence electrons. The van der Waals surface area contributed by atoms with Crippen LogP contribution in [0.3, 0.4) is 0 Å². The first-order valence-corrected chi connectivity index (χ1v) is 6.39. The van der Waals surface area contributed by atoms with E-state index in [0.29, 0.717) is 0 Å². The first-order valence-electron chi connectivity index (χ1n) is 5.57. The van der Waals surface area contributed by atoms with E-state index in [-0.39, 0.29) is 5.82 Å². The highest BCUT2D eigenvalue weighted by molar-refractivity contribution is 7.12. The number of aromatic nitrogens is 1. The fourth-order valence-corrected chi connectivity index (χ4v) is 2.62. The van der Waals surface area contributed by atoms with Gasteiger partial charge in [-0.25, -0.2) is 9.37 Å². The summed E-state index contributed by atoms with van der Waals surface area (Å²) in [5, 5.41) is 4.23. The standard InChI is InChI=1S/C13H15FN2S/c1-9-13(10-3-5-11(14)6-4-10)16-12(17-9)7-8-15-2/h3-6,15H,7-8H2,1-2H3. The molecule has 0 radical (unpaired) electrons. The highest BCUT2D eigenvalue weighted by atomic mass is 32.1. The molecule has 2 aromatic rings. The van der Waals surface area contributed by atoms with E-state index in [1.807, 2.05) is 7.05 Å². The Morgan fingerprint density at radius 2 is 2.00 bits per heavy atom. The van der Waals surface area contributed by atoms with E-state index < -0.39 is 0 Å². The smallest absolute Gasteiger partial charge is 0.123 e. The Balaban J connectivity index is 2.26. The Labute approximate surface area is 105 Å². The van der Waals surface area contributed by atoms with Crippen molar-refractivity contribution in [3.05, 3.63) is 40.0 Å². The molecule has 0 bridgehead atoms. The Morgan fingerprint density at radius 3 is 2.65 bits per heavy atom. The molecular formula is C13H15FN2S. The van der Waals surface area contributed by atoms with Crippen molar-refractivity contribution in [1.82, 2.24) is 10.3 Å². The van der Waals surface area contributed by atoms with Crippen LogP contribution in [0.2, 0.25) is 0 Å². The van der Waals surface area contributed by atoms with Crippen molar-refractivity contribution < 1.29 is 4.39 Å². The summed E-state index contributed by atoms with van der Waals surface area (Å²) in [6.45, 7) is 2.98. The highest BCUT2D eigenvalue weighted by Crippen LogP contribution is 2.27. The first-order chi connectivity index (χ1) is 8.20. The van der Waals surface area contributed by atoms with Crippen LogP contribution in [0.25, 0.3) is 11.3 Å². The van der Waals surface area contributed by atoms with E-state index in [9.17, 15) is 4.39 Å². The molecule has 0 aliphatic carbocycles. The van der Waals surface area contributed by atoms with Crippen molar-refractivity contribution in [2.45, 2.75) is 13.3 Å². The quantitative estimate of drug-likeness (QED) is 0.902. The van der Waals surface area contributed by atoms with Crippen LogP contribution in [0.4, 0.5) is 4.39 Å². The molecule has 1 heterocycles. The summed E-state index contributed by atoms with van der Waals surface area (Å²) in [6.07, 6.45) is 0.934. The van der Waals surface area contributed by atoms with E-state index in [1.54, 1.807) is 23.5 Å². The van der Waals surface area contributed by atoms with E-state index in [1.165, 1.54) is 17.0 Å². The number of nitrogens with zero attached hydrogens (tertiary/aromatic N) is 1. The normalized spacial score (nSPS) is 10.8. The molecule has 0 unspecified atom stereocenters. The fraction of sp³-hybridized carbons (Fsp3) is 0.308. The summed E-state index contributed by atoms with van der Waals surface area (Å²) in [6, 6.07) is 6.50. The molecule has 0 spiro atoms. The SMILES string of the molecule is CNCCc1nc(-c2ccc(F)cc2)c(C)s1. The predicted octanol–water partition coefficient (Wildman–Crippen LogP) is 3.02. The molecule has 1 aromatic heterocycles. The van der Waals surface area contributed by atoms with Crippen molar-refractivity contribution in [1.29, 1.82) is 0 Å². The third-order valence-corrected chi connectivity index (χ3v) is 3.58. The summed E-state index contributed by atoms with van der Waals surface area (Å²) < 4.78 is 12.8. The number of hydrogen-bond acceptors (Lipinski definition) is 3. The minimum absolute atomic E-state index is 0.211. The van der Waals surface area contributed by atoms with Crippen LogP contribution in [0.1, 0.15) is 9.88 Å². The van der Waals surface area contributed by atoms with Crippen LogP contribution in [0.15, 0.2) is 24.3 Å². The largest absolute Gasteiger partial charge is 0.319 e. The molecule has 0 amide bonds. The third-order valence-electron chi connectivity index (χ3n) is 2.55. The summed E-state index contributed by atoms with van der Waals surface area (Å²) in [5.74, 6) is -0.211.